The molecule has 0 aliphatic carbocycles. The van der Waals surface area contributed by atoms with Gasteiger partial charge in [0.2, 0.25) is 0 Å². The molecule has 1 aromatic rings. The van der Waals surface area contributed by atoms with Gasteiger partial charge in [0.1, 0.15) is 0 Å². The Kier molecular flexibility index (Phi) is 6.79. The number of rotatable bonds is 8. The summed E-state index contributed by atoms with van der Waals surface area (Å²) >= 11 is 3.40. The SMILES string of the molecule is CCC(CC)(CO)CNCc1cc(Br)cc(OC)c1O. The lowest BCUT2D eigenvalue weighted by Crippen LogP contribution is -2.36. The summed E-state index contributed by atoms with van der Waals surface area (Å²) in [4.78, 5) is 0. The average Bonchev–Trinajstić information content (AvgIpc) is 2.47. The third-order valence-electron chi connectivity index (χ3n) is 3.99. The number of hydrogen-bond donors (Lipinski definition) is 3. The molecule has 0 saturated heterocycles. The molecule has 20 heavy (non-hydrogen) atoms. The number of methoxy groups -OCH3 is 1. The van der Waals surface area contributed by atoms with Crippen molar-refractivity contribution < 1.29 is 14.9 Å². The fraction of sp³-hybridized carbons (Fsp3) is 0.600. The van der Waals surface area contributed by atoms with Crippen molar-refractivity contribution in [3.8, 4) is 11.5 Å². The molecule has 0 aliphatic rings. The van der Waals surface area contributed by atoms with Crippen molar-refractivity contribution in [1.29, 1.82) is 0 Å². The number of hydrogen-bond acceptors (Lipinski definition) is 4. The predicted octanol–water partition coefficient (Wildman–Crippen LogP) is 3.05. The monoisotopic (exact) mass is 345 g/mol. The average molecular weight is 346 g/mol. The quantitative estimate of drug-likeness (QED) is 0.677. The van der Waals surface area contributed by atoms with E-state index < -0.39 is 0 Å². The Morgan fingerprint density at radius 3 is 2.45 bits per heavy atom. The molecule has 0 atom stereocenters. The third-order valence-corrected chi connectivity index (χ3v) is 4.45. The van der Waals surface area contributed by atoms with Crippen LogP contribution in [0.25, 0.3) is 0 Å². The van der Waals surface area contributed by atoms with Crippen molar-refractivity contribution >= 4 is 15.9 Å². The highest BCUT2D eigenvalue weighted by Crippen LogP contribution is 2.33. The van der Waals surface area contributed by atoms with Crippen LogP contribution in [0.4, 0.5) is 0 Å². The minimum absolute atomic E-state index is 0.0915. The van der Waals surface area contributed by atoms with E-state index in [2.05, 4.69) is 35.1 Å². The summed E-state index contributed by atoms with van der Waals surface area (Å²) in [5, 5.41) is 22.9. The van der Waals surface area contributed by atoms with E-state index in [1.54, 1.807) is 6.07 Å². The second-order valence-corrected chi connectivity index (χ2v) is 6.00. The molecule has 0 bridgehead atoms. The molecule has 0 aromatic heterocycles. The number of benzene rings is 1. The molecule has 4 nitrogen and oxygen atoms in total. The highest BCUT2D eigenvalue weighted by atomic mass is 79.9. The summed E-state index contributed by atoms with van der Waals surface area (Å²) < 4.78 is 5.99. The van der Waals surface area contributed by atoms with Gasteiger partial charge in [-0.2, -0.15) is 0 Å². The van der Waals surface area contributed by atoms with Gasteiger partial charge in [0.25, 0.3) is 0 Å². The molecule has 3 N–H and O–H groups in total. The maximum atomic E-state index is 10.1. The van der Waals surface area contributed by atoms with Crippen molar-refractivity contribution in [2.24, 2.45) is 5.41 Å². The number of aliphatic hydroxyl groups excluding tert-OH is 1. The van der Waals surface area contributed by atoms with Crippen LogP contribution in [0, 0.1) is 5.41 Å². The Labute approximate surface area is 129 Å². The van der Waals surface area contributed by atoms with E-state index in [0.717, 1.165) is 22.9 Å². The largest absolute Gasteiger partial charge is 0.504 e. The Morgan fingerprint density at radius 1 is 1.30 bits per heavy atom. The maximum Gasteiger partial charge on any atom is 0.162 e. The van der Waals surface area contributed by atoms with Crippen molar-refractivity contribution in [3.63, 3.8) is 0 Å². The standard InChI is InChI=1S/C15H24BrNO3/c1-4-15(5-2,10-18)9-17-8-11-6-12(16)7-13(20-3)14(11)19/h6-7,17-19H,4-5,8-10H2,1-3H3. The summed E-state index contributed by atoms with van der Waals surface area (Å²) in [5.41, 5.74) is 0.682. The fourth-order valence-electron chi connectivity index (χ4n) is 2.16. The molecule has 0 saturated carbocycles. The fourth-order valence-corrected chi connectivity index (χ4v) is 2.64. The summed E-state index contributed by atoms with van der Waals surface area (Å²) in [6.07, 6.45) is 1.83. The van der Waals surface area contributed by atoms with Gasteiger partial charge in [0.15, 0.2) is 11.5 Å². The Balaban J connectivity index is 2.73. The Bertz CT molecular complexity index is 425. The van der Waals surface area contributed by atoms with Gasteiger partial charge in [-0.05, 0) is 25.0 Å². The van der Waals surface area contributed by atoms with Gasteiger partial charge in [-0.3, -0.25) is 0 Å². The maximum absolute atomic E-state index is 10.1. The molecule has 1 rings (SSSR count). The highest BCUT2D eigenvalue weighted by Gasteiger charge is 2.24. The van der Waals surface area contributed by atoms with E-state index in [-0.39, 0.29) is 17.8 Å². The van der Waals surface area contributed by atoms with Gasteiger partial charge in [-0.25, -0.2) is 0 Å². The lowest BCUT2D eigenvalue weighted by Gasteiger charge is -2.29. The number of aromatic hydroxyl groups is 1. The Morgan fingerprint density at radius 2 is 1.95 bits per heavy atom. The second-order valence-electron chi connectivity index (χ2n) is 5.08. The van der Waals surface area contributed by atoms with Crippen LogP contribution in [-0.4, -0.2) is 30.5 Å². The molecule has 0 radical (unpaired) electrons. The molecule has 0 heterocycles. The molecule has 5 heteroatoms. The lowest BCUT2D eigenvalue weighted by atomic mass is 9.83. The molecule has 0 unspecified atom stereocenters. The zero-order valence-electron chi connectivity index (χ0n) is 12.4. The summed E-state index contributed by atoms with van der Waals surface area (Å²) in [5.74, 6) is 0.612. The summed E-state index contributed by atoms with van der Waals surface area (Å²) in [6, 6.07) is 3.60. The van der Waals surface area contributed by atoms with E-state index in [1.807, 2.05) is 6.07 Å². The smallest absolute Gasteiger partial charge is 0.162 e. The molecule has 0 aliphatic heterocycles. The van der Waals surface area contributed by atoms with E-state index >= 15 is 0 Å². The summed E-state index contributed by atoms with van der Waals surface area (Å²) in [6.45, 7) is 5.58. The first-order chi connectivity index (χ1) is 9.51. The van der Waals surface area contributed by atoms with E-state index in [0.29, 0.717) is 18.8 Å². The molecular weight excluding hydrogens is 322 g/mol. The van der Waals surface area contributed by atoms with Gasteiger partial charge in [-0.15, -0.1) is 0 Å². The topological polar surface area (TPSA) is 61.7 Å². The zero-order valence-corrected chi connectivity index (χ0v) is 14.0. The predicted molar refractivity (Wildman–Crippen MR) is 84.2 cm³/mol. The van der Waals surface area contributed by atoms with E-state index in [1.165, 1.54) is 7.11 Å². The van der Waals surface area contributed by atoms with Crippen LogP contribution in [0.3, 0.4) is 0 Å². The molecule has 0 fully saturated rings. The molecular formula is C15H24BrNO3. The number of nitrogens with one attached hydrogen (secondary N) is 1. The van der Waals surface area contributed by atoms with Crippen LogP contribution in [-0.2, 0) is 6.54 Å². The zero-order chi connectivity index (χ0) is 15.2. The first-order valence-electron chi connectivity index (χ1n) is 6.88. The highest BCUT2D eigenvalue weighted by molar-refractivity contribution is 9.10. The van der Waals surface area contributed by atoms with Crippen LogP contribution in [0.15, 0.2) is 16.6 Å². The Hall–Kier alpha value is -0.780. The lowest BCUT2D eigenvalue weighted by molar-refractivity contribution is 0.113. The van der Waals surface area contributed by atoms with Crippen molar-refractivity contribution in [1.82, 2.24) is 5.32 Å². The van der Waals surface area contributed by atoms with Crippen LogP contribution >= 0.6 is 15.9 Å². The third kappa shape index (κ3) is 4.11. The number of halogens is 1. The van der Waals surface area contributed by atoms with Gasteiger partial charge in [0, 0.05) is 35.1 Å². The van der Waals surface area contributed by atoms with Crippen molar-refractivity contribution in [2.75, 3.05) is 20.3 Å². The van der Waals surface area contributed by atoms with Crippen molar-refractivity contribution in [2.45, 2.75) is 33.2 Å². The number of ether oxygens (including phenoxy) is 1. The number of phenols is 1. The molecule has 0 spiro atoms. The van der Waals surface area contributed by atoms with Gasteiger partial charge in [0.05, 0.1) is 7.11 Å². The normalized spacial score (nSPS) is 11.7. The molecule has 0 amide bonds. The van der Waals surface area contributed by atoms with Crippen LogP contribution in [0.1, 0.15) is 32.3 Å². The minimum Gasteiger partial charge on any atom is -0.504 e. The summed E-state index contributed by atoms with van der Waals surface area (Å²) in [7, 11) is 1.53. The van der Waals surface area contributed by atoms with Crippen LogP contribution in [0.2, 0.25) is 0 Å². The minimum atomic E-state index is -0.0915. The van der Waals surface area contributed by atoms with Gasteiger partial charge >= 0.3 is 0 Å². The number of phenolic OH excluding ortho intramolecular Hbond substituents is 1. The molecule has 114 valence electrons. The van der Waals surface area contributed by atoms with Gasteiger partial charge in [-0.1, -0.05) is 29.8 Å². The van der Waals surface area contributed by atoms with Gasteiger partial charge < -0.3 is 20.3 Å². The van der Waals surface area contributed by atoms with Crippen LogP contribution in [0.5, 0.6) is 11.5 Å². The van der Waals surface area contributed by atoms with Crippen molar-refractivity contribution in [3.05, 3.63) is 22.2 Å². The van der Waals surface area contributed by atoms with E-state index in [9.17, 15) is 10.2 Å². The first kappa shape index (κ1) is 17.3. The molecule has 1 aromatic carbocycles. The van der Waals surface area contributed by atoms with E-state index in [4.69, 9.17) is 4.74 Å². The second kappa shape index (κ2) is 7.86. The first-order valence-corrected chi connectivity index (χ1v) is 7.68. The number of aliphatic hydroxyl groups is 1. The van der Waals surface area contributed by atoms with Crippen LogP contribution < -0.4 is 10.1 Å².